The fraction of sp³-hybridized carbons (Fsp3) is 0.217. The summed E-state index contributed by atoms with van der Waals surface area (Å²) in [5.74, 6) is -0.157. The molecule has 0 saturated carbocycles. The van der Waals surface area contributed by atoms with Crippen molar-refractivity contribution in [1.82, 2.24) is 9.55 Å². The molecule has 3 aromatic heterocycles. The van der Waals surface area contributed by atoms with Gasteiger partial charge in [-0.15, -0.1) is 11.3 Å². The highest BCUT2D eigenvalue weighted by Gasteiger charge is 2.28. The second-order valence-electron chi connectivity index (χ2n) is 7.37. The number of carbonyl (C=O) groups excluding carboxylic acids is 1. The molecule has 6 nitrogen and oxygen atoms in total. The molecule has 4 aromatic rings. The Hall–Kier alpha value is -3.32. The predicted octanol–water partition coefficient (Wildman–Crippen LogP) is 5.18. The summed E-state index contributed by atoms with van der Waals surface area (Å²) in [4.78, 5) is 20.0. The number of nitrogens with zero attached hydrogens (tertiary/aromatic N) is 3. The quantitative estimate of drug-likeness (QED) is 0.469. The summed E-state index contributed by atoms with van der Waals surface area (Å²) >= 11 is 1.48. The number of thiazole rings is 1. The van der Waals surface area contributed by atoms with Crippen molar-refractivity contribution >= 4 is 28.1 Å². The Kier molecular flexibility index (Phi) is 5.11. The first-order valence-electron chi connectivity index (χ1n) is 10.0. The van der Waals surface area contributed by atoms with E-state index in [1.165, 1.54) is 17.0 Å². The summed E-state index contributed by atoms with van der Waals surface area (Å²) in [7, 11) is 0. The van der Waals surface area contributed by atoms with Crippen LogP contribution in [0.4, 0.5) is 10.8 Å². The van der Waals surface area contributed by atoms with Crippen LogP contribution in [0.3, 0.4) is 0 Å². The van der Waals surface area contributed by atoms with Crippen molar-refractivity contribution in [1.29, 1.82) is 0 Å². The number of benzene rings is 1. The van der Waals surface area contributed by atoms with Crippen LogP contribution in [0.15, 0.2) is 77.1 Å². The SMILES string of the molecule is O=C(Nc1nc(C2CCCN2c2ccccc2)cs1)c1cccn1Cc1ccoc1. The number of aromatic nitrogens is 2. The average molecular weight is 419 g/mol. The maximum Gasteiger partial charge on any atom is 0.274 e. The molecule has 1 unspecified atom stereocenters. The lowest BCUT2D eigenvalue weighted by Crippen LogP contribution is -2.22. The molecule has 1 aliphatic heterocycles. The monoisotopic (exact) mass is 418 g/mol. The molecule has 1 aromatic carbocycles. The molecule has 5 rings (SSSR count). The first-order valence-corrected chi connectivity index (χ1v) is 10.9. The predicted molar refractivity (Wildman–Crippen MR) is 118 cm³/mol. The number of hydrogen-bond acceptors (Lipinski definition) is 5. The molecule has 1 amide bonds. The van der Waals surface area contributed by atoms with Gasteiger partial charge in [-0.05, 0) is 43.2 Å². The topological polar surface area (TPSA) is 63.3 Å². The van der Waals surface area contributed by atoms with Gasteiger partial charge in [-0.2, -0.15) is 0 Å². The van der Waals surface area contributed by atoms with Gasteiger partial charge in [-0.3, -0.25) is 10.1 Å². The summed E-state index contributed by atoms with van der Waals surface area (Å²) in [5, 5.41) is 5.66. The minimum atomic E-state index is -0.157. The van der Waals surface area contributed by atoms with Gasteiger partial charge in [0.05, 0.1) is 30.8 Å². The number of carbonyl (C=O) groups is 1. The normalized spacial score (nSPS) is 16.1. The van der Waals surface area contributed by atoms with Crippen molar-refractivity contribution in [2.45, 2.75) is 25.4 Å². The minimum absolute atomic E-state index is 0.157. The highest BCUT2D eigenvalue weighted by atomic mass is 32.1. The van der Waals surface area contributed by atoms with E-state index in [9.17, 15) is 4.79 Å². The van der Waals surface area contributed by atoms with Crippen molar-refractivity contribution in [2.75, 3.05) is 16.8 Å². The van der Waals surface area contributed by atoms with Crippen LogP contribution in [0.5, 0.6) is 0 Å². The third-order valence-corrected chi connectivity index (χ3v) is 6.20. The molecule has 1 fully saturated rings. The third kappa shape index (κ3) is 3.76. The fourth-order valence-corrected chi connectivity index (χ4v) is 4.75. The zero-order valence-corrected chi connectivity index (χ0v) is 17.2. The summed E-state index contributed by atoms with van der Waals surface area (Å²) < 4.78 is 7.03. The van der Waals surface area contributed by atoms with Crippen LogP contribution in [0.25, 0.3) is 0 Å². The lowest BCUT2D eigenvalue weighted by Gasteiger charge is -2.25. The highest BCUT2D eigenvalue weighted by Crippen LogP contribution is 2.37. The van der Waals surface area contributed by atoms with E-state index in [0.717, 1.165) is 30.6 Å². The molecule has 1 aliphatic rings. The van der Waals surface area contributed by atoms with Crippen LogP contribution < -0.4 is 10.2 Å². The van der Waals surface area contributed by atoms with Gasteiger partial charge in [0.2, 0.25) is 0 Å². The van der Waals surface area contributed by atoms with E-state index in [1.807, 2.05) is 35.0 Å². The Bertz CT molecular complexity index is 1120. The maximum absolute atomic E-state index is 12.8. The molecule has 0 bridgehead atoms. The van der Waals surface area contributed by atoms with Crippen molar-refractivity contribution in [3.05, 3.63) is 89.6 Å². The lowest BCUT2D eigenvalue weighted by atomic mass is 10.1. The van der Waals surface area contributed by atoms with Crippen molar-refractivity contribution in [3.63, 3.8) is 0 Å². The number of rotatable bonds is 6. The van der Waals surface area contributed by atoms with Gasteiger partial charge in [-0.1, -0.05) is 18.2 Å². The van der Waals surface area contributed by atoms with E-state index < -0.39 is 0 Å². The molecular weight excluding hydrogens is 396 g/mol. The van der Waals surface area contributed by atoms with E-state index in [4.69, 9.17) is 9.40 Å². The van der Waals surface area contributed by atoms with Gasteiger partial charge in [-0.25, -0.2) is 4.98 Å². The molecule has 0 aliphatic carbocycles. The van der Waals surface area contributed by atoms with E-state index in [1.54, 1.807) is 12.5 Å². The number of para-hydroxylation sites is 1. The fourth-order valence-electron chi connectivity index (χ4n) is 4.00. The Morgan fingerprint density at radius 2 is 2.10 bits per heavy atom. The van der Waals surface area contributed by atoms with Gasteiger partial charge < -0.3 is 13.9 Å². The molecule has 1 N–H and O–H groups in total. The molecule has 0 spiro atoms. The van der Waals surface area contributed by atoms with Crippen molar-refractivity contribution in [2.24, 2.45) is 0 Å². The first kappa shape index (κ1) is 18.7. The number of nitrogens with one attached hydrogen (secondary N) is 1. The molecule has 0 radical (unpaired) electrons. The number of hydrogen-bond donors (Lipinski definition) is 1. The maximum atomic E-state index is 12.8. The van der Waals surface area contributed by atoms with Crippen LogP contribution in [0.2, 0.25) is 0 Å². The van der Waals surface area contributed by atoms with Crippen LogP contribution in [-0.4, -0.2) is 22.0 Å². The van der Waals surface area contributed by atoms with Gasteiger partial charge in [0.1, 0.15) is 5.69 Å². The molecule has 152 valence electrons. The molecule has 1 saturated heterocycles. The Morgan fingerprint density at radius 3 is 2.93 bits per heavy atom. The summed E-state index contributed by atoms with van der Waals surface area (Å²) in [6.45, 7) is 1.61. The second kappa shape index (κ2) is 8.20. The molecule has 7 heteroatoms. The molecule has 1 atom stereocenters. The van der Waals surface area contributed by atoms with E-state index in [2.05, 4.69) is 39.9 Å². The van der Waals surface area contributed by atoms with Gasteiger partial charge >= 0.3 is 0 Å². The van der Waals surface area contributed by atoms with Gasteiger partial charge in [0.15, 0.2) is 5.13 Å². The second-order valence-corrected chi connectivity index (χ2v) is 8.23. The smallest absolute Gasteiger partial charge is 0.274 e. The van der Waals surface area contributed by atoms with E-state index in [0.29, 0.717) is 17.4 Å². The molecular formula is C23H22N4O2S. The van der Waals surface area contributed by atoms with Crippen LogP contribution in [0.1, 0.15) is 40.6 Å². The molecule has 30 heavy (non-hydrogen) atoms. The van der Waals surface area contributed by atoms with E-state index in [-0.39, 0.29) is 11.9 Å². The Balaban J connectivity index is 1.30. The van der Waals surface area contributed by atoms with Gasteiger partial charge in [0.25, 0.3) is 5.91 Å². The number of anilines is 2. The van der Waals surface area contributed by atoms with Crippen LogP contribution in [0, 0.1) is 0 Å². The van der Waals surface area contributed by atoms with Gasteiger partial charge in [0, 0.05) is 29.4 Å². The highest BCUT2D eigenvalue weighted by molar-refractivity contribution is 7.14. The number of amides is 1. The van der Waals surface area contributed by atoms with E-state index >= 15 is 0 Å². The van der Waals surface area contributed by atoms with Crippen molar-refractivity contribution < 1.29 is 9.21 Å². The minimum Gasteiger partial charge on any atom is -0.472 e. The summed E-state index contributed by atoms with van der Waals surface area (Å²) in [6.07, 6.45) is 7.43. The lowest BCUT2D eigenvalue weighted by molar-refractivity contribution is 0.101. The van der Waals surface area contributed by atoms with Crippen LogP contribution in [-0.2, 0) is 6.54 Å². The Morgan fingerprint density at radius 1 is 1.20 bits per heavy atom. The summed E-state index contributed by atoms with van der Waals surface area (Å²) in [6, 6.07) is 16.3. The average Bonchev–Trinajstić information content (AvgIpc) is 3.56. The van der Waals surface area contributed by atoms with Crippen molar-refractivity contribution in [3.8, 4) is 0 Å². The largest absolute Gasteiger partial charge is 0.472 e. The molecule has 4 heterocycles. The zero-order valence-electron chi connectivity index (χ0n) is 16.4. The standard InChI is InChI=1S/C23H22N4O2S/c28-22(21-9-4-11-26(21)14-17-10-13-29-15-17)25-23-24-19(16-30-23)20-8-5-12-27(20)18-6-2-1-3-7-18/h1-4,6-7,9-11,13,15-16,20H,5,8,12,14H2,(H,24,25,28). The zero-order chi connectivity index (χ0) is 20.3. The third-order valence-electron chi connectivity index (χ3n) is 5.42. The Labute approximate surface area is 178 Å². The van der Waals surface area contributed by atoms with Crippen LogP contribution >= 0.6 is 11.3 Å². The summed E-state index contributed by atoms with van der Waals surface area (Å²) in [5.41, 5.74) is 3.85. The number of furan rings is 1. The first-order chi connectivity index (χ1) is 14.8.